The van der Waals surface area contributed by atoms with Crippen LogP contribution in [0.25, 0.3) is 11.4 Å². The number of sulfonamides is 1. The van der Waals surface area contributed by atoms with Gasteiger partial charge in [-0.3, -0.25) is 14.3 Å². The third kappa shape index (κ3) is 4.02. The summed E-state index contributed by atoms with van der Waals surface area (Å²) in [4.78, 5) is 26.1. The lowest BCUT2D eigenvalue weighted by Crippen LogP contribution is -2.25. The second-order valence-corrected chi connectivity index (χ2v) is 8.11. The molecule has 1 aliphatic rings. The third-order valence-corrected chi connectivity index (χ3v) is 5.70. The van der Waals surface area contributed by atoms with Crippen LogP contribution in [0.5, 0.6) is 0 Å². The number of hydrogen-bond acceptors (Lipinski definition) is 6. The molecule has 0 aliphatic heterocycles. The zero-order valence-electron chi connectivity index (χ0n) is 14.5. The van der Waals surface area contributed by atoms with Crippen molar-refractivity contribution in [3.8, 4) is 11.4 Å². The lowest BCUT2D eigenvalue weighted by molar-refractivity contribution is 0.102. The van der Waals surface area contributed by atoms with Gasteiger partial charge in [0.1, 0.15) is 0 Å². The summed E-state index contributed by atoms with van der Waals surface area (Å²) in [6, 6.07) is 12.4. The highest BCUT2D eigenvalue weighted by atomic mass is 32.2. The van der Waals surface area contributed by atoms with E-state index in [2.05, 4.69) is 24.7 Å². The fourth-order valence-electron chi connectivity index (χ4n) is 2.58. The number of nitrogens with zero attached hydrogens (tertiary/aromatic N) is 1. The van der Waals surface area contributed by atoms with Crippen LogP contribution in [0.4, 0.5) is 5.69 Å². The van der Waals surface area contributed by atoms with Crippen LogP contribution < -0.4 is 15.8 Å². The lowest BCUT2D eigenvalue weighted by Gasteiger charge is -2.08. The van der Waals surface area contributed by atoms with Gasteiger partial charge < -0.3 is 5.32 Å². The number of nitrogens with one attached hydrogen (secondary N) is 3. The van der Waals surface area contributed by atoms with Crippen LogP contribution in [0, 0.1) is 0 Å². The topological polar surface area (TPSA) is 134 Å². The van der Waals surface area contributed by atoms with Gasteiger partial charge in [-0.05, 0) is 49.2 Å². The van der Waals surface area contributed by atoms with Crippen LogP contribution in [-0.4, -0.2) is 30.5 Å². The van der Waals surface area contributed by atoms with Crippen LogP contribution in [0.2, 0.25) is 0 Å². The highest BCUT2D eigenvalue weighted by molar-refractivity contribution is 7.89. The lowest BCUT2D eigenvalue weighted by atomic mass is 10.1. The molecule has 0 atom stereocenters. The molecule has 0 unspecified atom stereocenters. The first kappa shape index (κ1) is 18.1. The molecule has 1 aliphatic carbocycles. The van der Waals surface area contributed by atoms with Crippen LogP contribution in [-0.2, 0) is 10.0 Å². The summed E-state index contributed by atoms with van der Waals surface area (Å²) in [6.07, 6.45) is 1.70. The number of anilines is 1. The van der Waals surface area contributed by atoms with Crippen molar-refractivity contribution >= 4 is 21.6 Å². The van der Waals surface area contributed by atoms with Gasteiger partial charge in [-0.2, -0.15) is 0 Å². The van der Waals surface area contributed by atoms with Crippen LogP contribution in [0.3, 0.4) is 0 Å². The van der Waals surface area contributed by atoms with Crippen molar-refractivity contribution in [2.24, 2.45) is 0 Å². The summed E-state index contributed by atoms with van der Waals surface area (Å²) in [5.41, 5.74) is 1.36. The standard InChI is InChI=1S/C18H16N4O5S/c23-17(11-4-8-15(9-5-11)28(25,26)22-13-6-7-13)19-14-3-1-2-12(10-14)16-20-18(24)27-21-16/h1-5,8-10,13,22H,6-7H2,(H,19,23)(H,20,21,24). The summed E-state index contributed by atoms with van der Waals surface area (Å²) >= 11 is 0. The van der Waals surface area contributed by atoms with E-state index in [4.69, 9.17) is 0 Å². The van der Waals surface area contributed by atoms with Crippen molar-refractivity contribution in [3.05, 3.63) is 64.6 Å². The van der Waals surface area contributed by atoms with Crippen molar-refractivity contribution in [2.45, 2.75) is 23.8 Å². The number of hydrogen-bond donors (Lipinski definition) is 3. The summed E-state index contributed by atoms with van der Waals surface area (Å²) in [7, 11) is -3.56. The second-order valence-electron chi connectivity index (χ2n) is 6.40. The molecule has 0 saturated heterocycles. The highest BCUT2D eigenvalue weighted by Gasteiger charge is 2.27. The van der Waals surface area contributed by atoms with E-state index in [1.165, 1.54) is 24.3 Å². The maximum Gasteiger partial charge on any atom is 0.439 e. The first-order valence-corrected chi connectivity index (χ1v) is 9.99. The van der Waals surface area contributed by atoms with E-state index in [-0.39, 0.29) is 16.8 Å². The molecule has 9 nitrogen and oxygen atoms in total. The van der Waals surface area contributed by atoms with Crippen molar-refractivity contribution in [1.82, 2.24) is 14.9 Å². The van der Waals surface area contributed by atoms with E-state index in [1.54, 1.807) is 24.3 Å². The van der Waals surface area contributed by atoms with Crippen molar-refractivity contribution < 1.29 is 17.7 Å². The van der Waals surface area contributed by atoms with E-state index < -0.39 is 21.7 Å². The maximum atomic E-state index is 12.4. The number of amides is 1. The molecule has 10 heteroatoms. The van der Waals surface area contributed by atoms with Gasteiger partial charge in [0.15, 0.2) is 5.82 Å². The Labute approximate surface area is 159 Å². The molecule has 0 spiro atoms. The molecule has 1 amide bonds. The van der Waals surface area contributed by atoms with E-state index in [9.17, 15) is 18.0 Å². The molecule has 4 rings (SSSR count). The fraction of sp³-hybridized carbons (Fsp3) is 0.167. The predicted molar refractivity (Wildman–Crippen MR) is 100 cm³/mol. The monoisotopic (exact) mass is 400 g/mol. The minimum absolute atomic E-state index is 0.0138. The molecule has 28 heavy (non-hydrogen) atoms. The fourth-order valence-corrected chi connectivity index (χ4v) is 3.88. The molecule has 1 saturated carbocycles. The molecule has 3 aromatic rings. The van der Waals surface area contributed by atoms with Gasteiger partial charge in [0.05, 0.1) is 4.90 Å². The van der Waals surface area contributed by atoms with Crippen LogP contribution in [0.1, 0.15) is 23.2 Å². The molecule has 1 heterocycles. The Kier molecular flexibility index (Phi) is 4.57. The average Bonchev–Trinajstić information content (AvgIpc) is 3.37. The minimum Gasteiger partial charge on any atom is -0.322 e. The molecule has 1 aromatic heterocycles. The van der Waals surface area contributed by atoms with Crippen LogP contribution in [0.15, 0.2) is 62.7 Å². The molecule has 3 N–H and O–H groups in total. The molecular weight excluding hydrogens is 384 g/mol. The highest BCUT2D eigenvalue weighted by Crippen LogP contribution is 2.23. The normalized spacial score (nSPS) is 14.0. The summed E-state index contributed by atoms with van der Waals surface area (Å²) in [6.45, 7) is 0. The SMILES string of the molecule is O=C(Nc1cccc(-c2noc(=O)[nH]2)c1)c1ccc(S(=O)(=O)NC2CC2)cc1. The Bertz CT molecular complexity index is 1180. The van der Waals surface area contributed by atoms with Crippen molar-refractivity contribution in [3.63, 3.8) is 0 Å². The molecular formula is C18H16N4O5S. The van der Waals surface area contributed by atoms with E-state index in [0.717, 1.165) is 12.8 Å². The zero-order chi connectivity index (χ0) is 19.7. The molecule has 0 bridgehead atoms. The Morgan fingerprint density at radius 3 is 2.54 bits per heavy atom. The summed E-state index contributed by atoms with van der Waals surface area (Å²) < 4.78 is 31.4. The number of carbonyl (C=O) groups excluding carboxylic acids is 1. The van der Waals surface area contributed by atoms with Gasteiger partial charge in [-0.15, -0.1) is 0 Å². The van der Waals surface area contributed by atoms with Gasteiger partial charge in [-0.25, -0.2) is 17.9 Å². The zero-order valence-corrected chi connectivity index (χ0v) is 15.3. The molecule has 1 fully saturated rings. The largest absolute Gasteiger partial charge is 0.439 e. The Balaban J connectivity index is 1.48. The van der Waals surface area contributed by atoms with Gasteiger partial charge in [0.25, 0.3) is 5.91 Å². The first-order chi connectivity index (χ1) is 13.4. The average molecular weight is 400 g/mol. The van der Waals surface area contributed by atoms with E-state index in [1.807, 2.05) is 0 Å². The Hall–Kier alpha value is -3.24. The first-order valence-electron chi connectivity index (χ1n) is 8.51. The van der Waals surface area contributed by atoms with Gasteiger partial charge in [0, 0.05) is 22.9 Å². The number of aromatic nitrogens is 2. The van der Waals surface area contributed by atoms with Gasteiger partial charge in [0.2, 0.25) is 10.0 Å². The van der Waals surface area contributed by atoms with Crippen LogP contribution >= 0.6 is 0 Å². The van der Waals surface area contributed by atoms with Gasteiger partial charge in [-0.1, -0.05) is 17.3 Å². The minimum atomic E-state index is -3.56. The molecule has 0 radical (unpaired) electrons. The predicted octanol–water partition coefficient (Wildman–Crippen LogP) is 1.72. The smallest absolute Gasteiger partial charge is 0.322 e. The number of carbonyl (C=O) groups is 1. The number of H-pyrrole nitrogens is 1. The van der Waals surface area contributed by atoms with Crippen molar-refractivity contribution in [2.75, 3.05) is 5.32 Å². The molecule has 144 valence electrons. The third-order valence-electron chi connectivity index (χ3n) is 4.16. The summed E-state index contributed by atoms with van der Waals surface area (Å²) in [5, 5.41) is 6.32. The maximum absolute atomic E-state index is 12.4. The number of aromatic amines is 1. The number of benzene rings is 2. The Morgan fingerprint density at radius 2 is 1.89 bits per heavy atom. The molecule has 2 aromatic carbocycles. The quantitative estimate of drug-likeness (QED) is 0.577. The van der Waals surface area contributed by atoms with E-state index >= 15 is 0 Å². The second kappa shape index (κ2) is 7.06. The van der Waals surface area contributed by atoms with Crippen molar-refractivity contribution in [1.29, 1.82) is 0 Å². The van der Waals surface area contributed by atoms with Gasteiger partial charge >= 0.3 is 5.76 Å². The van der Waals surface area contributed by atoms with E-state index in [0.29, 0.717) is 16.8 Å². The Morgan fingerprint density at radius 1 is 1.14 bits per heavy atom. The summed E-state index contributed by atoms with van der Waals surface area (Å²) in [5.74, 6) is -0.820. The number of rotatable bonds is 6.